The van der Waals surface area contributed by atoms with Gasteiger partial charge in [-0.2, -0.15) is 0 Å². The molecule has 2 amide bonds. The number of anilines is 1. The van der Waals surface area contributed by atoms with Crippen LogP contribution in [0.4, 0.5) is 10.1 Å². The van der Waals surface area contributed by atoms with Gasteiger partial charge in [0.25, 0.3) is 11.8 Å². The van der Waals surface area contributed by atoms with Crippen LogP contribution in [0, 0.1) is 5.82 Å². The Morgan fingerprint density at radius 2 is 2.00 bits per heavy atom. The van der Waals surface area contributed by atoms with Gasteiger partial charge in [-0.15, -0.1) is 0 Å². The first kappa shape index (κ1) is 17.7. The van der Waals surface area contributed by atoms with E-state index < -0.39 is 0 Å². The summed E-state index contributed by atoms with van der Waals surface area (Å²) in [7, 11) is 0. The first-order valence-corrected chi connectivity index (χ1v) is 9.28. The fourth-order valence-electron chi connectivity index (χ4n) is 2.83. The van der Waals surface area contributed by atoms with Crippen LogP contribution < -0.4 is 15.0 Å². The molecule has 5 nitrogen and oxygen atoms in total. The highest BCUT2D eigenvalue weighted by atomic mass is 32.2. The smallest absolute Gasteiger partial charge is 0.265 e. The van der Waals surface area contributed by atoms with Gasteiger partial charge in [0.2, 0.25) is 0 Å². The molecule has 0 spiro atoms. The molecule has 2 aliphatic rings. The number of nitrogens with zero attached hydrogens (tertiary/aromatic N) is 1. The molecule has 2 aromatic carbocycles. The molecule has 2 aromatic rings. The fourth-order valence-corrected chi connectivity index (χ4v) is 3.87. The highest BCUT2D eigenvalue weighted by molar-refractivity contribution is 8.26. The first-order valence-electron chi connectivity index (χ1n) is 8.06. The number of hydrogen-bond acceptors (Lipinski definition) is 5. The maximum Gasteiger partial charge on any atom is 0.265 e. The number of thioether (sulfide) groups is 1. The lowest BCUT2D eigenvalue weighted by molar-refractivity contribution is -0.121. The number of rotatable bonds is 3. The molecule has 1 saturated heterocycles. The minimum Gasteiger partial charge on any atom is -0.482 e. The first-order chi connectivity index (χ1) is 13.0. The van der Waals surface area contributed by atoms with Gasteiger partial charge < -0.3 is 15.0 Å². The summed E-state index contributed by atoms with van der Waals surface area (Å²) in [6, 6.07) is 11.4. The summed E-state index contributed by atoms with van der Waals surface area (Å²) in [5.74, 6) is -0.173. The Labute approximate surface area is 164 Å². The summed E-state index contributed by atoms with van der Waals surface area (Å²) >= 11 is 6.19. The molecule has 0 aromatic heterocycles. The highest BCUT2D eigenvalue weighted by Gasteiger charge is 2.27. The molecule has 0 atom stereocenters. The Morgan fingerprint density at radius 3 is 2.70 bits per heavy atom. The van der Waals surface area contributed by atoms with E-state index in [0.29, 0.717) is 27.2 Å². The normalized spacial score (nSPS) is 17.7. The van der Waals surface area contributed by atoms with E-state index in [0.717, 1.165) is 11.1 Å². The number of amides is 2. The molecule has 2 aliphatic heterocycles. The van der Waals surface area contributed by atoms with Crippen LogP contribution >= 0.6 is 24.0 Å². The molecule has 4 rings (SSSR count). The van der Waals surface area contributed by atoms with E-state index in [1.165, 1.54) is 23.9 Å². The average Bonchev–Trinajstić information content (AvgIpc) is 2.96. The number of benzene rings is 2. The van der Waals surface area contributed by atoms with E-state index in [9.17, 15) is 14.0 Å². The van der Waals surface area contributed by atoms with Crippen molar-refractivity contribution in [3.8, 4) is 5.75 Å². The monoisotopic (exact) mass is 400 g/mol. The van der Waals surface area contributed by atoms with Gasteiger partial charge in [0.1, 0.15) is 15.9 Å². The van der Waals surface area contributed by atoms with E-state index in [1.54, 1.807) is 35.2 Å². The van der Waals surface area contributed by atoms with Crippen molar-refractivity contribution in [1.82, 2.24) is 5.32 Å². The van der Waals surface area contributed by atoms with Crippen molar-refractivity contribution in [2.45, 2.75) is 6.54 Å². The maximum absolute atomic E-state index is 13.1. The Balaban J connectivity index is 1.67. The van der Waals surface area contributed by atoms with Crippen molar-refractivity contribution < 1.29 is 18.7 Å². The Bertz CT molecular complexity index is 989. The van der Waals surface area contributed by atoms with Gasteiger partial charge in [0.15, 0.2) is 6.61 Å². The van der Waals surface area contributed by atoms with Crippen LogP contribution in [0.1, 0.15) is 11.1 Å². The third-order valence-electron chi connectivity index (χ3n) is 4.12. The number of halogens is 1. The molecule has 1 fully saturated rings. The van der Waals surface area contributed by atoms with Crippen LogP contribution in [-0.4, -0.2) is 22.7 Å². The molecule has 8 heteroatoms. The second-order valence-electron chi connectivity index (χ2n) is 5.97. The lowest BCUT2D eigenvalue weighted by Gasteiger charge is -2.29. The van der Waals surface area contributed by atoms with Gasteiger partial charge in [-0.1, -0.05) is 42.2 Å². The van der Waals surface area contributed by atoms with Crippen LogP contribution in [0.2, 0.25) is 0 Å². The van der Waals surface area contributed by atoms with Gasteiger partial charge >= 0.3 is 0 Å². The largest absolute Gasteiger partial charge is 0.482 e. The summed E-state index contributed by atoms with van der Waals surface area (Å²) in [5, 5.41) is 2.57. The second-order valence-corrected chi connectivity index (χ2v) is 7.69. The molecule has 0 bridgehead atoms. The minimum absolute atomic E-state index is 0.0544. The van der Waals surface area contributed by atoms with Crippen LogP contribution in [0.3, 0.4) is 0 Å². The van der Waals surface area contributed by atoms with Crippen LogP contribution in [-0.2, 0) is 16.1 Å². The maximum atomic E-state index is 13.1. The lowest BCUT2D eigenvalue weighted by Crippen LogP contribution is -2.38. The molecule has 0 radical (unpaired) electrons. The lowest BCUT2D eigenvalue weighted by atomic mass is 10.1. The molecule has 2 heterocycles. The molecule has 0 unspecified atom stereocenters. The summed E-state index contributed by atoms with van der Waals surface area (Å²) in [6.07, 6.45) is 1.72. The zero-order chi connectivity index (χ0) is 19.0. The number of carbonyl (C=O) groups excluding carboxylic acids is 2. The number of ether oxygens (including phenoxy) is 1. The third kappa shape index (κ3) is 3.72. The second kappa shape index (κ2) is 7.13. The predicted octanol–water partition coefficient (Wildman–Crippen LogP) is 3.24. The Hall–Kier alpha value is -2.71. The van der Waals surface area contributed by atoms with Crippen molar-refractivity contribution in [1.29, 1.82) is 0 Å². The standard InChI is InChI=1S/C19H13FN2O3S2/c20-13-4-1-11(2-5-13)9-22-14-7-12(3-6-15(14)25-10-17(22)23)8-16-18(24)21-19(26)27-16/h1-8H,9-10H2,(H,21,24,26). The molecule has 0 aliphatic carbocycles. The minimum atomic E-state index is -0.327. The SMILES string of the molecule is O=C1NC(=S)SC1=Cc1ccc2c(c1)N(Cc1ccc(F)cc1)C(=O)CO2. The molecule has 1 N–H and O–H groups in total. The molecule has 0 saturated carbocycles. The Morgan fingerprint density at radius 1 is 1.22 bits per heavy atom. The molecular weight excluding hydrogens is 387 g/mol. The fraction of sp³-hybridized carbons (Fsp3) is 0.105. The van der Waals surface area contributed by atoms with E-state index in [-0.39, 0.29) is 24.2 Å². The topological polar surface area (TPSA) is 58.6 Å². The Kier molecular flexibility index (Phi) is 4.67. The number of nitrogens with one attached hydrogen (secondary N) is 1. The average molecular weight is 400 g/mol. The zero-order valence-electron chi connectivity index (χ0n) is 13.9. The van der Waals surface area contributed by atoms with Crippen LogP contribution in [0.25, 0.3) is 6.08 Å². The van der Waals surface area contributed by atoms with Gasteiger partial charge in [0, 0.05) is 0 Å². The number of carbonyl (C=O) groups is 2. The predicted molar refractivity (Wildman–Crippen MR) is 106 cm³/mol. The van der Waals surface area contributed by atoms with Gasteiger partial charge in [-0.25, -0.2) is 4.39 Å². The van der Waals surface area contributed by atoms with E-state index >= 15 is 0 Å². The van der Waals surface area contributed by atoms with E-state index in [1.807, 2.05) is 6.07 Å². The summed E-state index contributed by atoms with van der Waals surface area (Å²) in [5.41, 5.74) is 2.16. The van der Waals surface area contributed by atoms with Gasteiger partial charge in [-0.05, 0) is 41.5 Å². The molecule has 27 heavy (non-hydrogen) atoms. The zero-order valence-corrected chi connectivity index (χ0v) is 15.5. The summed E-state index contributed by atoms with van der Waals surface area (Å²) in [4.78, 5) is 26.4. The summed E-state index contributed by atoms with van der Waals surface area (Å²) < 4.78 is 19.1. The summed E-state index contributed by atoms with van der Waals surface area (Å²) in [6.45, 7) is 0.246. The van der Waals surface area contributed by atoms with Crippen molar-refractivity contribution >= 4 is 51.9 Å². The van der Waals surface area contributed by atoms with Gasteiger partial charge in [0.05, 0.1) is 17.1 Å². The number of fused-ring (bicyclic) bond motifs is 1. The number of thiocarbonyl (C=S) groups is 1. The quantitative estimate of drug-likeness (QED) is 0.633. The molecular formula is C19H13FN2O3S2. The van der Waals surface area contributed by atoms with Crippen molar-refractivity contribution in [3.05, 3.63) is 64.3 Å². The number of hydrogen-bond donors (Lipinski definition) is 1. The van der Waals surface area contributed by atoms with Crippen molar-refractivity contribution in [3.63, 3.8) is 0 Å². The highest BCUT2D eigenvalue weighted by Crippen LogP contribution is 2.35. The van der Waals surface area contributed by atoms with Crippen molar-refractivity contribution in [2.75, 3.05) is 11.5 Å². The van der Waals surface area contributed by atoms with Gasteiger partial charge in [-0.3, -0.25) is 9.59 Å². The van der Waals surface area contributed by atoms with Crippen LogP contribution in [0.5, 0.6) is 5.75 Å². The third-order valence-corrected chi connectivity index (χ3v) is 5.28. The van der Waals surface area contributed by atoms with Crippen LogP contribution in [0.15, 0.2) is 47.4 Å². The van der Waals surface area contributed by atoms with E-state index in [4.69, 9.17) is 17.0 Å². The van der Waals surface area contributed by atoms with Crippen molar-refractivity contribution in [2.24, 2.45) is 0 Å². The van der Waals surface area contributed by atoms with E-state index in [2.05, 4.69) is 5.32 Å². The molecule has 136 valence electrons.